The molecular formula is C19H22N4O3S. The molecule has 2 aromatic rings. The normalized spacial score (nSPS) is 14.7. The molecule has 3 rings (SSSR count). The van der Waals surface area contributed by atoms with Crippen molar-refractivity contribution in [3.8, 4) is 0 Å². The third-order valence-electron chi connectivity index (χ3n) is 4.58. The number of benzene rings is 1. The van der Waals surface area contributed by atoms with Gasteiger partial charge in [0.1, 0.15) is 4.88 Å². The minimum absolute atomic E-state index is 0.0403. The number of rotatable bonds is 4. The summed E-state index contributed by atoms with van der Waals surface area (Å²) in [6.07, 6.45) is 1.27. The number of piperidine rings is 1. The topological polar surface area (TPSA) is 91.4 Å². The highest BCUT2D eigenvalue weighted by atomic mass is 32.1. The number of hydrogen-bond donors (Lipinski definition) is 2. The zero-order valence-corrected chi connectivity index (χ0v) is 16.1. The largest absolute Gasteiger partial charge is 0.343 e. The van der Waals surface area contributed by atoms with Gasteiger partial charge in [-0.25, -0.2) is 4.98 Å². The van der Waals surface area contributed by atoms with Gasteiger partial charge in [0.2, 0.25) is 11.8 Å². The predicted molar refractivity (Wildman–Crippen MR) is 105 cm³/mol. The highest BCUT2D eigenvalue weighted by Gasteiger charge is 2.27. The molecule has 0 unspecified atom stereocenters. The van der Waals surface area contributed by atoms with Crippen molar-refractivity contribution in [1.29, 1.82) is 0 Å². The van der Waals surface area contributed by atoms with Crippen LogP contribution >= 0.6 is 11.3 Å². The maximum atomic E-state index is 12.5. The molecule has 1 fully saturated rings. The fraction of sp³-hybridized carbons (Fsp3) is 0.368. The molecule has 2 heterocycles. The summed E-state index contributed by atoms with van der Waals surface area (Å²) in [4.78, 5) is 42.8. The van der Waals surface area contributed by atoms with Crippen molar-refractivity contribution < 1.29 is 14.4 Å². The molecule has 0 aliphatic carbocycles. The molecule has 1 aromatic heterocycles. The maximum absolute atomic E-state index is 12.5. The van der Waals surface area contributed by atoms with Crippen molar-refractivity contribution >= 4 is 39.9 Å². The fourth-order valence-corrected chi connectivity index (χ4v) is 3.90. The van der Waals surface area contributed by atoms with E-state index in [2.05, 4.69) is 15.6 Å². The molecule has 2 N–H and O–H groups in total. The molecule has 0 bridgehead atoms. The molecule has 27 heavy (non-hydrogen) atoms. The van der Waals surface area contributed by atoms with Gasteiger partial charge in [0.15, 0.2) is 5.13 Å². The van der Waals surface area contributed by atoms with Crippen molar-refractivity contribution in [3.63, 3.8) is 0 Å². The fourth-order valence-electron chi connectivity index (χ4n) is 3.03. The monoisotopic (exact) mass is 386 g/mol. The Balaban J connectivity index is 1.60. The summed E-state index contributed by atoms with van der Waals surface area (Å²) in [7, 11) is 0. The van der Waals surface area contributed by atoms with Crippen molar-refractivity contribution in [3.05, 3.63) is 40.9 Å². The zero-order valence-electron chi connectivity index (χ0n) is 15.3. The van der Waals surface area contributed by atoms with Crippen molar-refractivity contribution in [2.24, 2.45) is 5.92 Å². The minimum atomic E-state index is -0.244. The molecule has 3 amide bonds. The van der Waals surface area contributed by atoms with E-state index in [1.807, 2.05) is 30.3 Å². The number of aromatic nitrogens is 1. The van der Waals surface area contributed by atoms with Crippen molar-refractivity contribution in [2.75, 3.05) is 23.7 Å². The number of carbonyl (C=O) groups is 3. The van der Waals surface area contributed by atoms with Gasteiger partial charge in [-0.15, -0.1) is 0 Å². The summed E-state index contributed by atoms with van der Waals surface area (Å²) in [5, 5.41) is 6.07. The van der Waals surface area contributed by atoms with Crippen LogP contribution in [0.25, 0.3) is 0 Å². The predicted octanol–water partition coefficient (Wildman–Crippen LogP) is 2.90. The Kier molecular flexibility index (Phi) is 5.85. The zero-order chi connectivity index (χ0) is 19.4. The minimum Gasteiger partial charge on any atom is -0.343 e. The van der Waals surface area contributed by atoms with Crippen LogP contribution in [-0.2, 0) is 9.59 Å². The average Bonchev–Trinajstić information content (AvgIpc) is 3.03. The summed E-state index contributed by atoms with van der Waals surface area (Å²) in [5.74, 6) is -0.460. The molecule has 0 atom stereocenters. The lowest BCUT2D eigenvalue weighted by atomic mass is 9.96. The second kappa shape index (κ2) is 8.30. The van der Waals surface area contributed by atoms with Gasteiger partial charge in [-0.1, -0.05) is 29.5 Å². The lowest BCUT2D eigenvalue weighted by Crippen LogP contribution is -2.40. The quantitative estimate of drug-likeness (QED) is 0.845. The molecule has 0 saturated carbocycles. The molecule has 0 spiro atoms. The van der Waals surface area contributed by atoms with E-state index in [9.17, 15) is 14.4 Å². The third-order valence-corrected chi connectivity index (χ3v) is 5.65. The molecule has 1 aliphatic heterocycles. The van der Waals surface area contributed by atoms with Gasteiger partial charge in [-0.05, 0) is 31.9 Å². The van der Waals surface area contributed by atoms with Gasteiger partial charge in [0, 0.05) is 31.6 Å². The summed E-state index contributed by atoms with van der Waals surface area (Å²) < 4.78 is 0. The van der Waals surface area contributed by atoms with Gasteiger partial charge in [0.25, 0.3) is 5.91 Å². The Bertz CT molecular complexity index is 842. The van der Waals surface area contributed by atoms with E-state index in [0.29, 0.717) is 47.3 Å². The van der Waals surface area contributed by atoms with Gasteiger partial charge >= 0.3 is 0 Å². The highest BCUT2D eigenvalue weighted by molar-refractivity contribution is 7.17. The molecule has 142 valence electrons. The Hall–Kier alpha value is -2.74. The van der Waals surface area contributed by atoms with Crippen molar-refractivity contribution in [2.45, 2.75) is 26.7 Å². The lowest BCUT2D eigenvalue weighted by Gasteiger charge is -2.30. The van der Waals surface area contributed by atoms with Gasteiger partial charge in [-0.2, -0.15) is 0 Å². The molecule has 1 aromatic carbocycles. The molecule has 1 saturated heterocycles. The number of likely N-dealkylation sites (tertiary alicyclic amines) is 1. The van der Waals surface area contributed by atoms with Gasteiger partial charge in [0.05, 0.1) is 5.69 Å². The van der Waals surface area contributed by atoms with Gasteiger partial charge in [-0.3, -0.25) is 14.4 Å². The number of nitrogens with one attached hydrogen (secondary N) is 2. The van der Waals surface area contributed by atoms with Crippen LogP contribution in [0, 0.1) is 12.8 Å². The van der Waals surface area contributed by atoms with Crippen LogP contribution in [0.2, 0.25) is 0 Å². The molecule has 1 aliphatic rings. The first-order valence-corrected chi connectivity index (χ1v) is 9.66. The van der Waals surface area contributed by atoms with E-state index >= 15 is 0 Å². The number of thiazole rings is 1. The Labute approximate surface area is 161 Å². The molecular weight excluding hydrogens is 364 g/mol. The van der Waals surface area contributed by atoms with Crippen LogP contribution in [0.1, 0.15) is 35.1 Å². The van der Waals surface area contributed by atoms with Crippen LogP contribution in [0.15, 0.2) is 30.3 Å². The van der Waals surface area contributed by atoms with E-state index in [1.54, 1.807) is 18.7 Å². The molecule has 8 heteroatoms. The third kappa shape index (κ3) is 4.71. The number of amides is 3. The lowest BCUT2D eigenvalue weighted by molar-refractivity contribution is -0.132. The molecule has 0 radical (unpaired) electrons. The first kappa shape index (κ1) is 19.0. The van der Waals surface area contributed by atoms with E-state index in [0.717, 1.165) is 11.3 Å². The standard InChI is InChI=1S/C19H22N4O3S/c1-12-16(18(26)21-15-6-4-3-5-7-15)27-19(20-12)22-17(25)14-8-10-23(11-9-14)13(2)24/h3-7,14H,8-11H2,1-2H3,(H,21,26)(H,20,22,25). The van der Waals surface area contributed by atoms with E-state index < -0.39 is 0 Å². The average molecular weight is 386 g/mol. The Morgan fingerprint density at radius 1 is 1.11 bits per heavy atom. The number of anilines is 2. The van der Waals surface area contributed by atoms with Crippen LogP contribution in [0.4, 0.5) is 10.8 Å². The van der Waals surface area contributed by atoms with Crippen LogP contribution < -0.4 is 10.6 Å². The number of para-hydroxylation sites is 1. The van der Waals surface area contributed by atoms with Crippen LogP contribution in [-0.4, -0.2) is 40.7 Å². The van der Waals surface area contributed by atoms with E-state index in [4.69, 9.17) is 0 Å². The Morgan fingerprint density at radius 2 is 1.78 bits per heavy atom. The first-order valence-electron chi connectivity index (χ1n) is 8.84. The van der Waals surface area contributed by atoms with E-state index in [-0.39, 0.29) is 23.6 Å². The number of nitrogens with zero attached hydrogens (tertiary/aromatic N) is 2. The maximum Gasteiger partial charge on any atom is 0.267 e. The Morgan fingerprint density at radius 3 is 2.41 bits per heavy atom. The number of hydrogen-bond acceptors (Lipinski definition) is 5. The van der Waals surface area contributed by atoms with E-state index in [1.165, 1.54) is 0 Å². The van der Waals surface area contributed by atoms with Crippen molar-refractivity contribution in [1.82, 2.24) is 9.88 Å². The second-order valence-corrected chi connectivity index (χ2v) is 7.52. The summed E-state index contributed by atoms with van der Waals surface area (Å²) in [5.41, 5.74) is 1.29. The van der Waals surface area contributed by atoms with Crippen LogP contribution in [0.5, 0.6) is 0 Å². The van der Waals surface area contributed by atoms with Crippen LogP contribution in [0.3, 0.4) is 0 Å². The number of carbonyl (C=O) groups excluding carboxylic acids is 3. The second-order valence-electron chi connectivity index (χ2n) is 6.52. The summed E-state index contributed by atoms with van der Waals surface area (Å²) in [6, 6.07) is 9.19. The summed E-state index contributed by atoms with van der Waals surface area (Å²) in [6.45, 7) is 4.47. The van der Waals surface area contributed by atoms with Gasteiger partial charge < -0.3 is 15.5 Å². The summed E-state index contributed by atoms with van der Waals surface area (Å²) >= 11 is 1.16. The number of aryl methyl sites for hydroxylation is 1. The first-order chi connectivity index (χ1) is 12.9. The highest BCUT2D eigenvalue weighted by Crippen LogP contribution is 2.26. The SMILES string of the molecule is CC(=O)N1CCC(C(=O)Nc2nc(C)c(C(=O)Nc3ccccc3)s2)CC1. The smallest absolute Gasteiger partial charge is 0.267 e. The molecule has 7 nitrogen and oxygen atoms in total.